The van der Waals surface area contributed by atoms with E-state index >= 15 is 0 Å². The summed E-state index contributed by atoms with van der Waals surface area (Å²) in [7, 11) is 0. The van der Waals surface area contributed by atoms with Gasteiger partial charge in [-0.25, -0.2) is 0 Å². The van der Waals surface area contributed by atoms with Crippen LogP contribution in [0.3, 0.4) is 0 Å². The van der Waals surface area contributed by atoms with Gasteiger partial charge in [-0.2, -0.15) is 0 Å². The number of amides is 1. The van der Waals surface area contributed by atoms with Crippen LogP contribution in [0, 0.1) is 0 Å². The zero-order valence-corrected chi connectivity index (χ0v) is 8.74. The van der Waals surface area contributed by atoms with E-state index in [1.165, 1.54) is 11.3 Å². The molecule has 1 fully saturated rings. The van der Waals surface area contributed by atoms with Gasteiger partial charge in [-0.3, -0.25) is 4.79 Å². The molecule has 1 saturated carbocycles. The summed E-state index contributed by atoms with van der Waals surface area (Å²) in [5, 5.41) is 4.85. The summed E-state index contributed by atoms with van der Waals surface area (Å²) in [6.07, 6.45) is 2.27. The smallest absolute Gasteiger partial charge is 0.262 e. The van der Waals surface area contributed by atoms with Crippen molar-refractivity contribution >= 4 is 33.2 Å². The largest absolute Gasteiger partial charge is 0.349 e. The topological polar surface area (TPSA) is 29.1 Å². The molecular weight excluding hydrogens is 238 g/mol. The third kappa shape index (κ3) is 1.69. The second-order valence-corrected chi connectivity index (χ2v) is 4.62. The molecule has 12 heavy (non-hydrogen) atoms. The molecule has 1 aromatic heterocycles. The molecule has 1 heterocycles. The molecule has 0 radical (unpaired) electrons. The van der Waals surface area contributed by atoms with Gasteiger partial charge >= 0.3 is 0 Å². The van der Waals surface area contributed by atoms with Crippen LogP contribution in [0.4, 0.5) is 0 Å². The third-order valence-corrected chi connectivity index (χ3v) is 3.57. The van der Waals surface area contributed by atoms with Crippen LogP contribution >= 0.6 is 27.3 Å². The predicted molar refractivity (Wildman–Crippen MR) is 52.5 cm³/mol. The van der Waals surface area contributed by atoms with Gasteiger partial charge in [0.25, 0.3) is 5.91 Å². The first kappa shape index (κ1) is 8.26. The Bertz CT molecular complexity index is 306. The number of nitrogens with one attached hydrogen (secondary N) is 1. The number of hydrogen-bond acceptors (Lipinski definition) is 2. The van der Waals surface area contributed by atoms with Crippen molar-refractivity contribution in [2.45, 2.75) is 18.9 Å². The molecular formula is C8H8BrNOS. The highest BCUT2D eigenvalue weighted by atomic mass is 79.9. The average molecular weight is 246 g/mol. The Balaban J connectivity index is 2.07. The summed E-state index contributed by atoms with van der Waals surface area (Å²) in [6, 6.07) is 2.33. The van der Waals surface area contributed by atoms with Crippen molar-refractivity contribution in [3.05, 3.63) is 20.8 Å². The first-order chi connectivity index (χ1) is 5.77. The summed E-state index contributed by atoms with van der Waals surface area (Å²) in [4.78, 5) is 12.2. The van der Waals surface area contributed by atoms with Crippen molar-refractivity contribution in [1.82, 2.24) is 5.32 Å². The van der Waals surface area contributed by atoms with E-state index in [0.717, 1.165) is 22.2 Å². The van der Waals surface area contributed by atoms with E-state index in [0.29, 0.717) is 6.04 Å². The molecule has 1 aliphatic rings. The summed E-state index contributed by atoms with van der Waals surface area (Å²) in [5.41, 5.74) is 0. The second kappa shape index (κ2) is 3.18. The molecule has 0 atom stereocenters. The molecule has 2 rings (SSSR count). The van der Waals surface area contributed by atoms with Crippen LogP contribution in [0.5, 0.6) is 0 Å². The monoisotopic (exact) mass is 245 g/mol. The number of hydrogen-bond donors (Lipinski definition) is 1. The SMILES string of the molecule is O=C(NC1CC1)c1sccc1Br. The first-order valence-corrected chi connectivity index (χ1v) is 5.48. The van der Waals surface area contributed by atoms with Crippen molar-refractivity contribution in [3.63, 3.8) is 0 Å². The lowest BCUT2D eigenvalue weighted by Crippen LogP contribution is -2.24. The fourth-order valence-corrected chi connectivity index (χ4v) is 2.39. The predicted octanol–water partition coefficient (Wildman–Crippen LogP) is 2.40. The third-order valence-electron chi connectivity index (χ3n) is 1.74. The van der Waals surface area contributed by atoms with Gasteiger partial charge in [0.15, 0.2) is 0 Å². The molecule has 1 N–H and O–H groups in total. The summed E-state index contributed by atoms with van der Waals surface area (Å²) < 4.78 is 0.894. The van der Waals surface area contributed by atoms with Gasteiger partial charge in [0.2, 0.25) is 0 Å². The fourth-order valence-electron chi connectivity index (χ4n) is 0.934. The minimum Gasteiger partial charge on any atom is -0.349 e. The van der Waals surface area contributed by atoms with Crippen LogP contribution in [-0.4, -0.2) is 11.9 Å². The van der Waals surface area contributed by atoms with Crippen molar-refractivity contribution in [3.8, 4) is 0 Å². The number of carbonyl (C=O) groups is 1. The Morgan fingerprint density at radius 3 is 2.92 bits per heavy atom. The van der Waals surface area contributed by atoms with Gasteiger partial charge in [-0.15, -0.1) is 11.3 Å². The molecule has 64 valence electrons. The molecule has 1 aromatic rings. The molecule has 0 unspecified atom stereocenters. The number of rotatable bonds is 2. The van der Waals surface area contributed by atoms with E-state index in [1.807, 2.05) is 11.4 Å². The molecule has 0 bridgehead atoms. The van der Waals surface area contributed by atoms with Gasteiger partial charge in [-0.1, -0.05) is 0 Å². The molecule has 1 amide bonds. The first-order valence-electron chi connectivity index (χ1n) is 3.81. The molecule has 0 aliphatic heterocycles. The Kier molecular flexibility index (Phi) is 2.19. The lowest BCUT2D eigenvalue weighted by molar-refractivity contribution is 0.0954. The zero-order chi connectivity index (χ0) is 8.55. The zero-order valence-electron chi connectivity index (χ0n) is 6.34. The summed E-state index contributed by atoms with van der Waals surface area (Å²) >= 11 is 4.80. The highest BCUT2D eigenvalue weighted by molar-refractivity contribution is 9.10. The average Bonchev–Trinajstić information content (AvgIpc) is 2.72. The van der Waals surface area contributed by atoms with Crippen LogP contribution < -0.4 is 5.32 Å². The molecule has 0 aromatic carbocycles. The molecule has 1 aliphatic carbocycles. The van der Waals surface area contributed by atoms with Crippen molar-refractivity contribution in [2.24, 2.45) is 0 Å². The van der Waals surface area contributed by atoms with E-state index in [1.54, 1.807) is 0 Å². The minimum atomic E-state index is 0.0550. The minimum absolute atomic E-state index is 0.0550. The normalized spacial score (nSPS) is 16.1. The van der Waals surface area contributed by atoms with Crippen LogP contribution in [0.15, 0.2) is 15.9 Å². The van der Waals surface area contributed by atoms with E-state index in [-0.39, 0.29) is 5.91 Å². The quantitative estimate of drug-likeness (QED) is 0.852. The van der Waals surface area contributed by atoms with Crippen LogP contribution in [0.1, 0.15) is 22.5 Å². The van der Waals surface area contributed by atoms with E-state index in [9.17, 15) is 4.79 Å². The number of thiophene rings is 1. The lowest BCUT2D eigenvalue weighted by atomic mass is 10.4. The van der Waals surface area contributed by atoms with Crippen LogP contribution in [0.25, 0.3) is 0 Å². The second-order valence-electron chi connectivity index (χ2n) is 2.85. The maximum atomic E-state index is 11.4. The molecule has 0 spiro atoms. The summed E-state index contributed by atoms with van der Waals surface area (Å²) in [5.74, 6) is 0.0550. The maximum absolute atomic E-state index is 11.4. The standard InChI is InChI=1S/C8H8BrNOS/c9-6-3-4-12-7(6)8(11)10-5-1-2-5/h3-5H,1-2H2,(H,10,11). The fraction of sp³-hybridized carbons (Fsp3) is 0.375. The highest BCUT2D eigenvalue weighted by Crippen LogP contribution is 2.25. The van der Waals surface area contributed by atoms with Gasteiger partial charge < -0.3 is 5.32 Å². The Labute approximate surface area is 83.1 Å². The Morgan fingerprint density at radius 1 is 1.67 bits per heavy atom. The van der Waals surface area contributed by atoms with Crippen molar-refractivity contribution in [1.29, 1.82) is 0 Å². The molecule has 4 heteroatoms. The van der Waals surface area contributed by atoms with E-state index in [4.69, 9.17) is 0 Å². The molecule has 2 nitrogen and oxygen atoms in total. The van der Waals surface area contributed by atoms with Gasteiger partial charge in [0.1, 0.15) is 4.88 Å². The summed E-state index contributed by atoms with van der Waals surface area (Å²) in [6.45, 7) is 0. The van der Waals surface area contributed by atoms with Crippen LogP contribution in [-0.2, 0) is 0 Å². The number of carbonyl (C=O) groups excluding carboxylic acids is 1. The van der Waals surface area contributed by atoms with Crippen LogP contribution in [0.2, 0.25) is 0 Å². The van der Waals surface area contributed by atoms with E-state index < -0.39 is 0 Å². The maximum Gasteiger partial charge on any atom is 0.262 e. The van der Waals surface area contributed by atoms with E-state index in [2.05, 4.69) is 21.2 Å². The number of halogens is 1. The van der Waals surface area contributed by atoms with Crippen molar-refractivity contribution < 1.29 is 4.79 Å². The van der Waals surface area contributed by atoms with Gasteiger partial charge in [0.05, 0.1) is 0 Å². The lowest BCUT2D eigenvalue weighted by Gasteiger charge is -1.99. The Hall–Kier alpha value is -0.350. The van der Waals surface area contributed by atoms with Gasteiger partial charge in [0, 0.05) is 10.5 Å². The van der Waals surface area contributed by atoms with Gasteiger partial charge in [-0.05, 0) is 40.2 Å². The van der Waals surface area contributed by atoms with Crippen molar-refractivity contribution in [2.75, 3.05) is 0 Å². The highest BCUT2D eigenvalue weighted by Gasteiger charge is 2.24. The Morgan fingerprint density at radius 2 is 2.42 bits per heavy atom. The molecule has 0 saturated heterocycles.